The van der Waals surface area contributed by atoms with E-state index in [0.29, 0.717) is 30.8 Å². The Morgan fingerprint density at radius 1 is 1.59 bits per heavy atom. The molecule has 4 nitrogen and oxygen atoms in total. The highest BCUT2D eigenvalue weighted by Crippen LogP contribution is 2.25. The number of aliphatic hydroxyl groups is 1. The summed E-state index contributed by atoms with van der Waals surface area (Å²) in [6.07, 6.45) is 0.235. The molecule has 0 saturated carbocycles. The second-order valence-corrected chi connectivity index (χ2v) is 4.95. The summed E-state index contributed by atoms with van der Waals surface area (Å²) in [5.74, 6) is 0.458. The first kappa shape index (κ1) is 12.4. The number of methoxy groups -OCH3 is 1. The summed E-state index contributed by atoms with van der Waals surface area (Å²) >= 11 is 3.34. The van der Waals surface area contributed by atoms with Crippen LogP contribution in [0.4, 0.5) is 0 Å². The van der Waals surface area contributed by atoms with Crippen LogP contribution < -0.4 is 4.74 Å². The Labute approximate surface area is 108 Å². The van der Waals surface area contributed by atoms with Crippen molar-refractivity contribution < 1.29 is 14.6 Å². The first-order chi connectivity index (χ1) is 8.11. The molecular formula is C12H14BrNO3. The van der Waals surface area contributed by atoms with E-state index in [-0.39, 0.29) is 5.91 Å². The number of halogens is 1. The van der Waals surface area contributed by atoms with Gasteiger partial charge in [-0.25, -0.2) is 0 Å². The molecule has 92 valence electrons. The zero-order valence-electron chi connectivity index (χ0n) is 9.52. The lowest BCUT2D eigenvalue weighted by Gasteiger charge is -2.17. The van der Waals surface area contributed by atoms with Gasteiger partial charge in [-0.2, -0.15) is 0 Å². The average Bonchev–Trinajstić information content (AvgIpc) is 2.75. The number of likely N-dealkylation sites (tertiary alicyclic amines) is 1. The number of benzene rings is 1. The highest BCUT2D eigenvalue weighted by atomic mass is 79.9. The van der Waals surface area contributed by atoms with Crippen molar-refractivity contribution in [2.75, 3.05) is 20.2 Å². The number of nitrogens with zero attached hydrogens (tertiary/aromatic N) is 1. The number of β-amino-alcohol motifs (C(OH)–C–C–N with tert-alkyl or cyclic N) is 1. The molecule has 17 heavy (non-hydrogen) atoms. The molecule has 0 aliphatic carbocycles. The van der Waals surface area contributed by atoms with Crippen molar-refractivity contribution >= 4 is 21.8 Å². The molecule has 2 rings (SSSR count). The third kappa shape index (κ3) is 2.61. The molecule has 1 saturated heterocycles. The van der Waals surface area contributed by atoms with E-state index in [0.717, 1.165) is 4.47 Å². The lowest BCUT2D eigenvalue weighted by atomic mass is 10.2. The van der Waals surface area contributed by atoms with Crippen LogP contribution in [-0.4, -0.2) is 42.2 Å². The molecule has 5 heteroatoms. The maximum atomic E-state index is 12.2. The topological polar surface area (TPSA) is 49.8 Å². The predicted octanol–water partition coefficient (Wildman–Crippen LogP) is 1.66. The van der Waals surface area contributed by atoms with Crippen LogP contribution in [0.2, 0.25) is 0 Å². The summed E-state index contributed by atoms with van der Waals surface area (Å²) in [5.41, 5.74) is 0.524. The lowest BCUT2D eigenvalue weighted by Crippen LogP contribution is -2.29. The van der Waals surface area contributed by atoms with Gasteiger partial charge in [0.2, 0.25) is 0 Å². The van der Waals surface area contributed by atoms with E-state index >= 15 is 0 Å². The van der Waals surface area contributed by atoms with Gasteiger partial charge < -0.3 is 14.7 Å². The number of hydrogen-bond acceptors (Lipinski definition) is 3. The van der Waals surface area contributed by atoms with Crippen molar-refractivity contribution in [3.63, 3.8) is 0 Å². The van der Waals surface area contributed by atoms with Crippen molar-refractivity contribution in [3.05, 3.63) is 28.2 Å². The smallest absolute Gasteiger partial charge is 0.257 e. The normalized spacial score (nSPS) is 19.5. The standard InChI is InChI=1S/C12H14BrNO3/c1-17-11-3-2-8(13)6-10(11)12(16)14-5-4-9(15)7-14/h2-3,6,9,15H,4-5,7H2,1H3/t9-/m0/s1. The minimum Gasteiger partial charge on any atom is -0.496 e. The summed E-state index contributed by atoms with van der Waals surface area (Å²) < 4.78 is 6.01. The molecule has 0 radical (unpaired) electrons. The van der Waals surface area contributed by atoms with Crippen molar-refractivity contribution in [2.45, 2.75) is 12.5 Å². The largest absolute Gasteiger partial charge is 0.496 e. The quantitative estimate of drug-likeness (QED) is 0.904. The fourth-order valence-electron chi connectivity index (χ4n) is 1.94. The van der Waals surface area contributed by atoms with Gasteiger partial charge in [0.1, 0.15) is 5.75 Å². The Morgan fingerprint density at radius 3 is 2.94 bits per heavy atom. The summed E-state index contributed by atoms with van der Waals surface area (Å²) in [5, 5.41) is 9.44. The zero-order chi connectivity index (χ0) is 12.4. The van der Waals surface area contributed by atoms with Crippen LogP contribution in [0, 0.1) is 0 Å². The van der Waals surface area contributed by atoms with Gasteiger partial charge in [-0.3, -0.25) is 4.79 Å². The molecule has 0 unspecified atom stereocenters. The molecule has 1 atom stereocenters. The average molecular weight is 300 g/mol. The highest BCUT2D eigenvalue weighted by Gasteiger charge is 2.27. The first-order valence-electron chi connectivity index (χ1n) is 5.42. The predicted molar refractivity (Wildman–Crippen MR) is 67.2 cm³/mol. The molecule has 1 aliphatic rings. The van der Waals surface area contributed by atoms with Gasteiger partial charge in [-0.15, -0.1) is 0 Å². The number of carbonyl (C=O) groups excluding carboxylic acids is 1. The van der Waals surface area contributed by atoms with Gasteiger partial charge in [-0.1, -0.05) is 15.9 Å². The van der Waals surface area contributed by atoms with Crippen LogP contribution in [0.3, 0.4) is 0 Å². The van der Waals surface area contributed by atoms with Crippen LogP contribution in [0.15, 0.2) is 22.7 Å². The van der Waals surface area contributed by atoms with E-state index in [9.17, 15) is 9.90 Å². The van der Waals surface area contributed by atoms with Crippen molar-refractivity contribution in [1.82, 2.24) is 4.90 Å². The van der Waals surface area contributed by atoms with Crippen LogP contribution >= 0.6 is 15.9 Å². The van der Waals surface area contributed by atoms with E-state index in [1.165, 1.54) is 0 Å². The number of aliphatic hydroxyl groups excluding tert-OH is 1. The monoisotopic (exact) mass is 299 g/mol. The highest BCUT2D eigenvalue weighted by molar-refractivity contribution is 9.10. The minimum absolute atomic E-state index is 0.0975. The molecule has 1 aliphatic heterocycles. The minimum atomic E-state index is -0.405. The Kier molecular flexibility index (Phi) is 3.69. The maximum Gasteiger partial charge on any atom is 0.257 e. The van der Waals surface area contributed by atoms with Crippen molar-refractivity contribution in [3.8, 4) is 5.75 Å². The van der Waals surface area contributed by atoms with E-state index in [4.69, 9.17) is 4.74 Å². The summed E-state index contributed by atoms with van der Waals surface area (Å²) in [4.78, 5) is 13.9. The number of amides is 1. The molecule has 1 heterocycles. The molecule has 0 spiro atoms. The van der Waals surface area contributed by atoms with Gasteiger partial charge in [0.15, 0.2) is 0 Å². The fourth-order valence-corrected chi connectivity index (χ4v) is 2.31. The molecule has 1 N–H and O–H groups in total. The van der Waals surface area contributed by atoms with Gasteiger partial charge in [0.25, 0.3) is 5.91 Å². The van der Waals surface area contributed by atoms with Crippen LogP contribution in [0.1, 0.15) is 16.8 Å². The van der Waals surface area contributed by atoms with E-state index < -0.39 is 6.10 Å². The third-order valence-corrected chi connectivity index (χ3v) is 3.34. The number of rotatable bonds is 2. The third-order valence-electron chi connectivity index (χ3n) is 2.84. The Bertz CT molecular complexity index is 436. The molecule has 1 aromatic carbocycles. The van der Waals surface area contributed by atoms with Crippen molar-refractivity contribution in [1.29, 1.82) is 0 Å². The van der Waals surface area contributed by atoms with Crippen molar-refractivity contribution in [2.24, 2.45) is 0 Å². The molecule has 0 aromatic heterocycles. The van der Waals surface area contributed by atoms with E-state index in [1.54, 1.807) is 24.1 Å². The fraction of sp³-hybridized carbons (Fsp3) is 0.417. The number of carbonyl (C=O) groups is 1. The zero-order valence-corrected chi connectivity index (χ0v) is 11.1. The van der Waals surface area contributed by atoms with Gasteiger partial charge >= 0.3 is 0 Å². The van der Waals surface area contributed by atoms with Crippen LogP contribution in [0.5, 0.6) is 5.75 Å². The van der Waals surface area contributed by atoms with Crippen LogP contribution in [-0.2, 0) is 0 Å². The summed E-state index contributed by atoms with van der Waals surface area (Å²) in [7, 11) is 1.54. The first-order valence-corrected chi connectivity index (χ1v) is 6.22. The van der Waals surface area contributed by atoms with Gasteiger partial charge in [-0.05, 0) is 24.6 Å². The molecule has 1 amide bonds. The molecular weight excluding hydrogens is 286 g/mol. The Balaban J connectivity index is 2.26. The second kappa shape index (κ2) is 5.06. The Morgan fingerprint density at radius 2 is 2.35 bits per heavy atom. The van der Waals surface area contributed by atoms with E-state index in [2.05, 4.69) is 15.9 Å². The summed E-state index contributed by atoms with van der Waals surface area (Å²) in [6, 6.07) is 5.32. The maximum absolute atomic E-state index is 12.2. The van der Waals surface area contributed by atoms with Gasteiger partial charge in [0.05, 0.1) is 18.8 Å². The molecule has 0 bridgehead atoms. The molecule has 1 fully saturated rings. The number of hydrogen-bond donors (Lipinski definition) is 1. The second-order valence-electron chi connectivity index (χ2n) is 4.04. The SMILES string of the molecule is COc1ccc(Br)cc1C(=O)N1CC[C@H](O)C1. The Hall–Kier alpha value is -1.07. The lowest BCUT2D eigenvalue weighted by molar-refractivity contribution is 0.0761. The summed E-state index contributed by atoms with van der Waals surface area (Å²) in [6.45, 7) is 0.990. The van der Waals surface area contributed by atoms with Crippen LogP contribution in [0.25, 0.3) is 0 Å². The van der Waals surface area contributed by atoms with Gasteiger partial charge in [0, 0.05) is 17.6 Å². The van der Waals surface area contributed by atoms with E-state index in [1.807, 2.05) is 6.07 Å². The molecule has 1 aromatic rings. The number of ether oxygens (including phenoxy) is 1.